The molecule has 17 heavy (non-hydrogen) atoms. The predicted molar refractivity (Wildman–Crippen MR) is 69.9 cm³/mol. The van der Waals surface area contributed by atoms with Crippen LogP contribution in [0.2, 0.25) is 0 Å². The van der Waals surface area contributed by atoms with Gasteiger partial charge in [0.25, 0.3) is 0 Å². The molecule has 1 aliphatic rings. The Morgan fingerprint density at radius 2 is 1.65 bits per heavy atom. The minimum Gasteiger partial charge on any atom is -0.316 e. The maximum atomic E-state index is 4.04. The van der Waals surface area contributed by atoms with Gasteiger partial charge < -0.3 is 5.32 Å². The van der Waals surface area contributed by atoms with Crippen LogP contribution in [0.25, 0.3) is 11.1 Å². The molecule has 0 amide bonds. The van der Waals surface area contributed by atoms with Gasteiger partial charge in [-0.05, 0) is 42.3 Å². The van der Waals surface area contributed by atoms with Crippen LogP contribution in [-0.4, -0.2) is 18.1 Å². The highest BCUT2D eigenvalue weighted by Gasteiger charge is 2.36. The lowest BCUT2D eigenvalue weighted by molar-refractivity contribution is 0.784. The lowest BCUT2D eigenvalue weighted by Crippen LogP contribution is -2.10. The third kappa shape index (κ3) is 2.08. The van der Waals surface area contributed by atoms with Crippen molar-refractivity contribution in [3.05, 3.63) is 54.4 Å². The highest BCUT2D eigenvalue weighted by Crippen LogP contribution is 2.40. The summed E-state index contributed by atoms with van der Waals surface area (Å²) < 4.78 is 0. The molecular formula is C15H16N2. The van der Waals surface area contributed by atoms with Gasteiger partial charge in [-0.25, -0.2) is 0 Å². The van der Waals surface area contributed by atoms with Gasteiger partial charge in [-0.2, -0.15) is 0 Å². The largest absolute Gasteiger partial charge is 0.316 e. The number of likely N-dealkylation sites (N-methyl/N-ethyl adjacent to an activating group) is 1. The van der Waals surface area contributed by atoms with Crippen LogP contribution in [0.5, 0.6) is 0 Å². The quantitative estimate of drug-likeness (QED) is 0.867. The SMILES string of the molecule is CNC1CC1c1ccc(-c2ccncc2)cc1. The van der Waals surface area contributed by atoms with Gasteiger partial charge in [-0.15, -0.1) is 0 Å². The van der Waals surface area contributed by atoms with E-state index in [4.69, 9.17) is 0 Å². The Labute approximate surface area is 102 Å². The molecule has 1 aromatic heterocycles. The van der Waals surface area contributed by atoms with Crippen molar-refractivity contribution >= 4 is 0 Å². The molecule has 1 aromatic carbocycles. The standard InChI is InChI=1S/C15H16N2/c1-16-15-10-14(15)13-4-2-11(3-5-13)12-6-8-17-9-7-12/h2-9,14-16H,10H2,1H3. The van der Waals surface area contributed by atoms with Crippen LogP contribution in [0.1, 0.15) is 17.9 Å². The summed E-state index contributed by atoms with van der Waals surface area (Å²) in [6.07, 6.45) is 4.94. The third-order valence-electron chi connectivity index (χ3n) is 3.51. The first-order valence-corrected chi connectivity index (χ1v) is 6.06. The zero-order valence-electron chi connectivity index (χ0n) is 9.93. The second-order valence-corrected chi connectivity index (χ2v) is 4.60. The number of nitrogens with one attached hydrogen (secondary N) is 1. The molecule has 3 rings (SSSR count). The van der Waals surface area contributed by atoms with Crippen molar-refractivity contribution in [1.82, 2.24) is 10.3 Å². The second-order valence-electron chi connectivity index (χ2n) is 4.60. The Morgan fingerprint density at radius 3 is 2.24 bits per heavy atom. The summed E-state index contributed by atoms with van der Waals surface area (Å²) >= 11 is 0. The van der Waals surface area contributed by atoms with E-state index in [1.54, 1.807) is 0 Å². The maximum Gasteiger partial charge on any atom is 0.0273 e. The Bertz CT molecular complexity index is 490. The molecule has 0 saturated heterocycles. The Hall–Kier alpha value is -1.67. The van der Waals surface area contributed by atoms with Crippen LogP contribution < -0.4 is 5.32 Å². The summed E-state index contributed by atoms with van der Waals surface area (Å²) in [6.45, 7) is 0. The number of benzene rings is 1. The number of rotatable bonds is 3. The molecule has 1 saturated carbocycles. The fourth-order valence-electron chi connectivity index (χ4n) is 2.35. The van der Waals surface area contributed by atoms with Gasteiger partial charge in [0.05, 0.1) is 0 Å². The number of aromatic nitrogens is 1. The average molecular weight is 224 g/mol. The van der Waals surface area contributed by atoms with Gasteiger partial charge in [0.2, 0.25) is 0 Å². The van der Waals surface area contributed by atoms with E-state index in [1.807, 2.05) is 31.6 Å². The number of pyridine rings is 1. The monoisotopic (exact) mass is 224 g/mol. The second kappa shape index (κ2) is 4.30. The molecular weight excluding hydrogens is 208 g/mol. The van der Waals surface area contributed by atoms with Crippen molar-refractivity contribution in [3.63, 3.8) is 0 Å². The van der Waals surface area contributed by atoms with E-state index in [9.17, 15) is 0 Å². The van der Waals surface area contributed by atoms with Crippen LogP contribution in [-0.2, 0) is 0 Å². The number of nitrogens with zero attached hydrogens (tertiary/aromatic N) is 1. The highest BCUT2D eigenvalue weighted by molar-refractivity contribution is 5.63. The van der Waals surface area contributed by atoms with Gasteiger partial charge in [0, 0.05) is 24.4 Å². The molecule has 2 nitrogen and oxygen atoms in total. The van der Waals surface area contributed by atoms with E-state index in [0.717, 1.165) is 0 Å². The molecule has 86 valence electrons. The molecule has 0 radical (unpaired) electrons. The molecule has 0 spiro atoms. The zero-order chi connectivity index (χ0) is 11.7. The van der Waals surface area contributed by atoms with Crippen molar-refractivity contribution in [2.24, 2.45) is 0 Å². The lowest BCUT2D eigenvalue weighted by atomic mass is 10.0. The first-order valence-electron chi connectivity index (χ1n) is 6.06. The number of hydrogen-bond acceptors (Lipinski definition) is 2. The average Bonchev–Trinajstić information content (AvgIpc) is 3.19. The summed E-state index contributed by atoms with van der Waals surface area (Å²) in [6, 6.07) is 13.7. The Balaban J connectivity index is 1.82. The van der Waals surface area contributed by atoms with Crippen LogP contribution in [0.15, 0.2) is 48.8 Å². The lowest BCUT2D eigenvalue weighted by Gasteiger charge is -2.04. The summed E-state index contributed by atoms with van der Waals surface area (Å²) in [4.78, 5) is 4.04. The van der Waals surface area contributed by atoms with Crippen LogP contribution in [0, 0.1) is 0 Å². The Kier molecular flexibility index (Phi) is 2.65. The topological polar surface area (TPSA) is 24.9 Å². The first-order chi connectivity index (χ1) is 8.38. The summed E-state index contributed by atoms with van der Waals surface area (Å²) in [5.74, 6) is 0.714. The van der Waals surface area contributed by atoms with Crippen LogP contribution >= 0.6 is 0 Å². The van der Waals surface area contributed by atoms with Gasteiger partial charge in [0.15, 0.2) is 0 Å². The van der Waals surface area contributed by atoms with E-state index in [0.29, 0.717) is 12.0 Å². The van der Waals surface area contributed by atoms with Gasteiger partial charge in [-0.3, -0.25) is 4.98 Å². The summed E-state index contributed by atoms with van der Waals surface area (Å²) in [5, 5.41) is 3.33. The maximum absolute atomic E-state index is 4.04. The molecule has 0 bridgehead atoms. The van der Waals surface area contributed by atoms with Gasteiger partial charge >= 0.3 is 0 Å². The van der Waals surface area contributed by atoms with Crippen LogP contribution in [0.3, 0.4) is 0 Å². The fourth-order valence-corrected chi connectivity index (χ4v) is 2.35. The van der Waals surface area contributed by atoms with Gasteiger partial charge in [0.1, 0.15) is 0 Å². The number of hydrogen-bond donors (Lipinski definition) is 1. The molecule has 1 heterocycles. The third-order valence-corrected chi connectivity index (χ3v) is 3.51. The molecule has 0 aliphatic heterocycles. The van der Waals surface area contributed by atoms with E-state index < -0.39 is 0 Å². The minimum absolute atomic E-state index is 0.682. The zero-order valence-corrected chi connectivity index (χ0v) is 9.93. The summed E-state index contributed by atoms with van der Waals surface area (Å²) in [7, 11) is 2.04. The smallest absolute Gasteiger partial charge is 0.0273 e. The van der Waals surface area contributed by atoms with Crippen molar-refractivity contribution in [1.29, 1.82) is 0 Å². The van der Waals surface area contributed by atoms with E-state index >= 15 is 0 Å². The van der Waals surface area contributed by atoms with E-state index in [1.165, 1.54) is 23.1 Å². The molecule has 2 aromatic rings. The molecule has 2 heteroatoms. The van der Waals surface area contributed by atoms with Crippen LogP contribution in [0.4, 0.5) is 0 Å². The normalized spacial score (nSPS) is 22.4. The molecule has 1 fully saturated rings. The van der Waals surface area contributed by atoms with Crippen molar-refractivity contribution in [3.8, 4) is 11.1 Å². The van der Waals surface area contributed by atoms with Crippen molar-refractivity contribution in [2.45, 2.75) is 18.4 Å². The molecule has 1 aliphatic carbocycles. The van der Waals surface area contributed by atoms with Crippen molar-refractivity contribution < 1.29 is 0 Å². The fraction of sp³-hybridized carbons (Fsp3) is 0.267. The highest BCUT2D eigenvalue weighted by atomic mass is 14.9. The Morgan fingerprint density at radius 1 is 1.00 bits per heavy atom. The summed E-state index contributed by atoms with van der Waals surface area (Å²) in [5.41, 5.74) is 3.94. The predicted octanol–water partition coefficient (Wildman–Crippen LogP) is 2.82. The molecule has 1 N–H and O–H groups in total. The molecule has 2 unspecified atom stereocenters. The van der Waals surface area contributed by atoms with Gasteiger partial charge in [-0.1, -0.05) is 24.3 Å². The molecule has 2 atom stereocenters. The van der Waals surface area contributed by atoms with E-state index in [-0.39, 0.29) is 0 Å². The minimum atomic E-state index is 0.682. The van der Waals surface area contributed by atoms with E-state index in [2.05, 4.69) is 34.6 Å². The first kappa shape index (κ1) is 10.5. The van der Waals surface area contributed by atoms with Crippen molar-refractivity contribution in [2.75, 3.05) is 7.05 Å².